The van der Waals surface area contributed by atoms with Crippen LogP contribution in [-0.2, 0) is 20.8 Å². The number of rotatable bonds is 9. The summed E-state index contributed by atoms with van der Waals surface area (Å²) in [4.78, 5) is 18.9. The fourth-order valence-electron chi connectivity index (χ4n) is 5.13. The largest absolute Gasteiger partial charge is 0.459 e. The fraction of sp³-hybridized carbons (Fsp3) is 0.519. The molecule has 2 aromatic rings. The number of nitrogens with zero attached hydrogens (tertiary/aromatic N) is 2. The maximum Gasteiger partial charge on any atom is 0.288 e. The molecular formula is C27H34N2O6S. The third kappa shape index (κ3) is 5.54. The third-order valence-corrected chi connectivity index (χ3v) is 7.97. The molecular weight excluding hydrogens is 480 g/mol. The molecule has 36 heavy (non-hydrogen) atoms. The number of carbonyl (C=O) groups excluding carboxylic acids is 1. The van der Waals surface area contributed by atoms with Crippen molar-refractivity contribution in [1.29, 1.82) is 0 Å². The van der Waals surface area contributed by atoms with Crippen LogP contribution < -0.4 is 9.47 Å². The van der Waals surface area contributed by atoms with Crippen molar-refractivity contribution in [2.24, 2.45) is 5.92 Å². The summed E-state index contributed by atoms with van der Waals surface area (Å²) in [5.41, 5.74) is 1.17. The Labute approximate surface area is 216 Å². The van der Waals surface area contributed by atoms with E-state index < -0.39 is 6.29 Å². The zero-order chi connectivity index (χ0) is 24.9. The van der Waals surface area contributed by atoms with Crippen LogP contribution in [0.2, 0.25) is 0 Å². The first-order chi connectivity index (χ1) is 17.7. The van der Waals surface area contributed by atoms with Crippen molar-refractivity contribution >= 4 is 17.2 Å². The molecule has 1 aromatic heterocycles. The molecule has 0 aliphatic carbocycles. The van der Waals surface area contributed by atoms with Gasteiger partial charge in [-0.1, -0.05) is 12.1 Å². The van der Waals surface area contributed by atoms with E-state index in [0.717, 1.165) is 37.6 Å². The number of fused-ring (bicyclic) bond motifs is 1. The first-order valence-electron chi connectivity index (χ1n) is 12.7. The lowest BCUT2D eigenvalue weighted by molar-refractivity contribution is -0.170. The predicted molar refractivity (Wildman–Crippen MR) is 136 cm³/mol. The van der Waals surface area contributed by atoms with E-state index >= 15 is 0 Å². The molecule has 0 saturated carbocycles. The van der Waals surface area contributed by atoms with Crippen molar-refractivity contribution in [3.8, 4) is 11.5 Å². The molecule has 9 heteroatoms. The van der Waals surface area contributed by atoms with Crippen LogP contribution in [0.4, 0.5) is 0 Å². The van der Waals surface area contributed by atoms with Crippen LogP contribution in [0.5, 0.6) is 11.5 Å². The average Bonchev–Trinajstić information content (AvgIpc) is 3.60. The van der Waals surface area contributed by atoms with Crippen molar-refractivity contribution in [1.82, 2.24) is 9.80 Å². The second-order valence-corrected chi connectivity index (χ2v) is 10.3. The SMILES string of the molecule is CCO[C@@H]1OC(C(=O)N2CCN(Cc3ccc4c(c3)OCO4)CC2)=C[C@H](c2cccs2)[C@@H]1CCCO. The fourth-order valence-corrected chi connectivity index (χ4v) is 6.00. The predicted octanol–water partition coefficient (Wildman–Crippen LogP) is 3.57. The molecule has 0 spiro atoms. The van der Waals surface area contributed by atoms with Gasteiger partial charge in [-0.25, -0.2) is 0 Å². The number of amides is 1. The Balaban J connectivity index is 1.25. The third-order valence-electron chi connectivity index (χ3n) is 7.00. The number of aliphatic hydroxyl groups is 1. The highest BCUT2D eigenvalue weighted by Gasteiger charge is 2.39. The summed E-state index contributed by atoms with van der Waals surface area (Å²) < 4.78 is 23.0. The minimum atomic E-state index is -0.509. The number of allylic oxidation sites excluding steroid dienone is 1. The molecule has 3 aliphatic rings. The second-order valence-electron chi connectivity index (χ2n) is 9.30. The highest BCUT2D eigenvalue weighted by Crippen LogP contribution is 2.41. The highest BCUT2D eigenvalue weighted by molar-refractivity contribution is 7.10. The lowest BCUT2D eigenvalue weighted by atomic mass is 9.84. The first kappa shape index (κ1) is 25.1. The van der Waals surface area contributed by atoms with Gasteiger partial charge in [-0.15, -0.1) is 11.3 Å². The van der Waals surface area contributed by atoms with E-state index in [4.69, 9.17) is 18.9 Å². The summed E-state index contributed by atoms with van der Waals surface area (Å²) in [5.74, 6) is 1.95. The molecule has 1 N–H and O–H groups in total. The average molecular weight is 515 g/mol. The maximum absolute atomic E-state index is 13.5. The molecule has 8 nitrogen and oxygen atoms in total. The van der Waals surface area contributed by atoms with Crippen LogP contribution in [0.3, 0.4) is 0 Å². The Kier molecular flexibility index (Phi) is 8.11. The van der Waals surface area contributed by atoms with Gasteiger partial charge in [0.1, 0.15) is 0 Å². The molecule has 3 atom stereocenters. The smallest absolute Gasteiger partial charge is 0.288 e. The molecule has 3 aliphatic heterocycles. The topological polar surface area (TPSA) is 80.7 Å². The molecule has 5 rings (SSSR count). The molecule has 4 heterocycles. The summed E-state index contributed by atoms with van der Waals surface area (Å²) in [6, 6.07) is 10.2. The van der Waals surface area contributed by atoms with E-state index in [1.54, 1.807) is 11.3 Å². The number of ether oxygens (including phenoxy) is 4. The standard InChI is InChI=1S/C27H34N2O6S/c1-2-32-27-20(5-3-13-30)21(25-6-4-14-36-25)16-24(35-27)26(31)29-11-9-28(10-12-29)17-19-7-8-22-23(15-19)34-18-33-22/h4,6-8,14-16,20-21,27,30H,2-3,5,9-13,17-18H2,1H3/t20-,21-,27+/m0/s1. The Morgan fingerprint density at radius 2 is 2.00 bits per heavy atom. The van der Waals surface area contributed by atoms with E-state index in [1.807, 2.05) is 36.1 Å². The Bertz CT molecular complexity index is 1050. The van der Waals surface area contributed by atoms with Crippen molar-refractivity contribution in [3.05, 3.63) is 58.0 Å². The van der Waals surface area contributed by atoms with E-state index in [-0.39, 0.29) is 31.1 Å². The van der Waals surface area contributed by atoms with E-state index in [9.17, 15) is 9.90 Å². The monoisotopic (exact) mass is 514 g/mol. The number of piperazine rings is 1. The van der Waals surface area contributed by atoms with Gasteiger partial charge in [0, 0.05) is 62.7 Å². The number of benzene rings is 1. The zero-order valence-electron chi connectivity index (χ0n) is 20.6. The molecule has 0 bridgehead atoms. The highest BCUT2D eigenvalue weighted by atomic mass is 32.1. The number of hydrogen-bond donors (Lipinski definition) is 1. The minimum absolute atomic E-state index is 0.0214. The van der Waals surface area contributed by atoms with Gasteiger partial charge in [0.05, 0.1) is 0 Å². The zero-order valence-corrected chi connectivity index (χ0v) is 21.5. The number of thiophene rings is 1. The second kappa shape index (κ2) is 11.6. The van der Waals surface area contributed by atoms with Gasteiger partial charge in [-0.2, -0.15) is 0 Å². The van der Waals surface area contributed by atoms with Crippen LogP contribution in [-0.4, -0.2) is 73.3 Å². The van der Waals surface area contributed by atoms with Crippen LogP contribution in [0.15, 0.2) is 47.5 Å². The molecule has 1 aromatic carbocycles. The molecule has 1 fully saturated rings. The molecule has 1 saturated heterocycles. The minimum Gasteiger partial charge on any atom is -0.459 e. The molecule has 0 radical (unpaired) electrons. The van der Waals surface area contributed by atoms with Gasteiger partial charge < -0.3 is 29.0 Å². The van der Waals surface area contributed by atoms with Crippen molar-refractivity contribution in [3.63, 3.8) is 0 Å². The maximum atomic E-state index is 13.5. The Morgan fingerprint density at radius 1 is 1.17 bits per heavy atom. The summed E-state index contributed by atoms with van der Waals surface area (Å²) >= 11 is 1.68. The van der Waals surface area contributed by atoms with Crippen LogP contribution in [0, 0.1) is 5.92 Å². The first-order valence-corrected chi connectivity index (χ1v) is 13.6. The number of hydrogen-bond acceptors (Lipinski definition) is 8. The van der Waals surface area contributed by atoms with Crippen LogP contribution >= 0.6 is 11.3 Å². The van der Waals surface area contributed by atoms with E-state index in [0.29, 0.717) is 31.9 Å². The molecule has 0 unspecified atom stereocenters. The van der Waals surface area contributed by atoms with Crippen molar-refractivity contribution in [2.75, 3.05) is 46.2 Å². The summed E-state index contributed by atoms with van der Waals surface area (Å²) in [6.07, 6.45) is 2.90. The number of aliphatic hydroxyl groups excluding tert-OH is 1. The Morgan fingerprint density at radius 3 is 2.75 bits per heavy atom. The van der Waals surface area contributed by atoms with Gasteiger partial charge in [0.2, 0.25) is 13.1 Å². The van der Waals surface area contributed by atoms with E-state index in [1.165, 1.54) is 10.4 Å². The van der Waals surface area contributed by atoms with Gasteiger partial charge in [-0.3, -0.25) is 9.69 Å². The summed E-state index contributed by atoms with van der Waals surface area (Å²) in [7, 11) is 0. The summed E-state index contributed by atoms with van der Waals surface area (Å²) in [6.45, 7) is 6.49. The van der Waals surface area contributed by atoms with Gasteiger partial charge >= 0.3 is 0 Å². The summed E-state index contributed by atoms with van der Waals surface area (Å²) in [5, 5.41) is 11.5. The quantitative estimate of drug-likeness (QED) is 0.548. The van der Waals surface area contributed by atoms with Crippen molar-refractivity contribution in [2.45, 2.75) is 38.5 Å². The number of carbonyl (C=O) groups is 1. The lowest BCUT2D eigenvalue weighted by Crippen LogP contribution is -2.49. The normalized spacial score (nSPS) is 23.9. The van der Waals surface area contributed by atoms with Gasteiger partial charge in [0.25, 0.3) is 5.91 Å². The lowest BCUT2D eigenvalue weighted by Gasteiger charge is -2.39. The van der Waals surface area contributed by atoms with Crippen LogP contribution in [0.1, 0.15) is 36.1 Å². The Hall–Kier alpha value is -2.59. The molecule has 1 amide bonds. The van der Waals surface area contributed by atoms with Crippen molar-refractivity contribution < 1.29 is 28.8 Å². The van der Waals surface area contributed by atoms with Gasteiger partial charge in [-0.05, 0) is 55.0 Å². The van der Waals surface area contributed by atoms with Crippen LogP contribution in [0.25, 0.3) is 0 Å². The van der Waals surface area contributed by atoms with Gasteiger partial charge in [0.15, 0.2) is 17.3 Å². The van der Waals surface area contributed by atoms with E-state index in [2.05, 4.69) is 22.4 Å². The molecule has 194 valence electrons.